The molecule has 0 radical (unpaired) electrons. The second kappa shape index (κ2) is 5.03. The van der Waals surface area contributed by atoms with Gasteiger partial charge in [0.05, 0.1) is 15.6 Å². The van der Waals surface area contributed by atoms with Gasteiger partial charge in [-0.3, -0.25) is 9.79 Å². The van der Waals surface area contributed by atoms with Gasteiger partial charge in [0.2, 0.25) is 0 Å². The van der Waals surface area contributed by atoms with Crippen LogP contribution in [0.15, 0.2) is 57.3 Å². The van der Waals surface area contributed by atoms with Crippen molar-refractivity contribution in [3.8, 4) is 0 Å². The summed E-state index contributed by atoms with van der Waals surface area (Å²) in [6.07, 6.45) is 1.67. The first-order valence-electron chi connectivity index (χ1n) is 5.68. The van der Waals surface area contributed by atoms with Crippen LogP contribution in [0.4, 0.5) is 5.69 Å². The first-order chi connectivity index (χ1) is 9.24. The summed E-state index contributed by atoms with van der Waals surface area (Å²) in [4.78, 5) is 18.9. The van der Waals surface area contributed by atoms with E-state index in [1.807, 2.05) is 42.5 Å². The van der Waals surface area contributed by atoms with Gasteiger partial charge >= 0.3 is 4.87 Å². The molecule has 19 heavy (non-hydrogen) atoms. The third-order valence-corrected chi connectivity index (χ3v) is 4.06. The van der Waals surface area contributed by atoms with Gasteiger partial charge in [-0.2, -0.15) is 0 Å². The second-order valence-electron chi connectivity index (χ2n) is 3.98. The topological polar surface area (TPSA) is 45.2 Å². The molecule has 2 aromatic carbocycles. The third-order valence-electron chi connectivity index (χ3n) is 2.74. The predicted molar refractivity (Wildman–Crippen MR) is 83.4 cm³/mol. The van der Waals surface area contributed by atoms with E-state index in [9.17, 15) is 4.79 Å². The van der Waals surface area contributed by atoms with E-state index in [1.165, 1.54) is 0 Å². The number of thiol groups is 1. The van der Waals surface area contributed by atoms with Crippen molar-refractivity contribution in [3.63, 3.8) is 0 Å². The van der Waals surface area contributed by atoms with Crippen LogP contribution in [-0.2, 0) is 0 Å². The standard InChI is InChI=1S/C14H10N2OS2/c17-14-16-13(18)12(19-14)8-15-11-7-3-5-9-4-1-2-6-10(9)11/h1-8,18H,(H,16,17). The lowest BCUT2D eigenvalue weighted by atomic mass is 10.1. The number of fused-ring (bicyclic) bond motifs is 1. The minimum absolute atomic E-state index is 0.121. The van der Waals surface area contributed by atoms with E-state index in [1.54, 1.807) is 6.21 Å². The summed E-state index contributed by atoms with van der Waals surface area (Å²) >= 11 is 5.30. The van der Waals surface area contributed by atoms with Crippen LogP contribution in [0.5, 0.6) is 0 Å². The lowest BCUT2D eigenvalue weighted by Crippen LogP contribution is -1.89. The Labute approximate surface area is 119 Å². The van der Waals surface area contributed by atoms with Crippen LogP contribution in [-0.4, -0.2) is 11.2 Å². The predicted octanol–water partition coefficient (Wildman–Crippen LogP) is 3.63. The molecule has 0 aliphatic rings. The van der Waals surface area contributed by atoms with Crippen molar-refractivity contribution >= 4 is 46.6 Å². The maximum Gasteiger partial charge on any atom is 0.305 e. The molecule has 1 aromatic heterocycles. The van der Waals surface area contributed by atoms with Crippen LogP contribution in [0.1, 0.15) is 4.88 Å². The number of rotatable bonds is 2. The van der Waals surface area contributed by atoms with Crippen LogP contribution in [0.3, 0.4) is 0 Å². The highest BCUT2D eigenvalue weighted by molar-refractivity contribution is 7.80. The minimum atomic E-state index is -0.121. The Bertz CT molecular complexity index is 812. The van der Waals surface area contributed by atoms with Crippen LogP contribution in [0, 0.1) is 0 Å². The van der Waals surface area contributed by atoms with E-state index in [4.69, 9.17) is 0 Å². The van der Waals surface area contributed by atoms with Crippen molar-refractivity contribution < 1.29 is 0 Å². The highest BCUT2D eigenvalue weighted by atomic mass is 32.1. The maximum absolute atomic E-state index is 11.2. The molecule has 3 aromatic rings. The highest BCUT2D eigenvalue weighted by Crippen LogP contribution is 2.25. The average Bonchev–Trinajstić information content (AvgIpc) is 2.74. The first-order valence-corrected chi connectivity index (χ1v) is 6.94. The van der Waals surface area contributed by atoms with E-state index in [2.05, 4.69) is 22.6 Å². The number of nitrogens with one attached hydrogen (secondary N) is 1. The SMILES string of the molecule is O=c1[nH]c(S)c(C=Nc2cccc3ccccc23)s1. The molecule has 0 aliphatic heterocycles. The number of nitrogens with zero attached hydrogens (tertiary/aromatic N) is 1. The van der Waals surface area contributed by atoms with Crippen LogP contribution < -0.4 is 4.87 Å². The van der Waals surface area contributed by atoms with Gasteiger partial charge < -0.3 is 4.98 Å². The molecule has 1 N–H and O–H groups in total. The molecule has 0 atom stereocenters. The van der Waals surface area contributed by atoms with Crippen LogP contribution in [0.2, 0.25) is 0 Å². The van der Waals surface area contributed by atoms with Crippen molar-refractivity contribution in [3.05, 3.63) is 57.0 Å². The van der Waals surface area contributed by atoms with Crippen molar-refractivity contribution in [2.24, 2.45) is 4.99 Å². The molecular weight excluding hydrogens is 276 g/mol. The average molecular weight is 286 g/mol. The minimum Gasteiger partial charge on any atom is -0.307 e. The summed E-state index contributed by atoms with van der Waals surface area (Å²) in [5.41, 5.74) is 0.881. The molecule has 3 nitrogen and oxygen atoms in total. The molecule has 0 unspecified atom stereocenters. The second-order valence-corrected chi connectivity index (χ2v) is 5.45. The van der Waals surface area contributed by atoms with Gasteiger partial charge in [0.25, 0.3) is 0 Å². The van der Waals surface area contributed by atoms with Crippen molar-refractivity contribution in [2.45, 2.75) is 5.03 Å². The molecule has 1 heterocycles. The van der Waals surface area contributed by atoms with Crippen LogP contribution >= 0.6 is 24.0 Å². The number of H-pyrrole nitrogens is 1. The molecule has 0 aliphatic carbocycles. The van der Waals surface area contributed by atoms with Gasteiger partial charge in [-0.15, -0.1) is 12.6 Å². The smallest absolute Gasteiger partial charge is 0.305 e. The Kier molecular flexibility index (Phi) is 3.23. The van der Waals surface area contributed by atoms with E-state index >= 15 is 0 Å². The Hall–Kier alpha value is -1.85. The summed E-state index contributed by atoms with van der Waals surface area (Å²) in [7, 11) is 0. The number of aliphatic imine (C=N–C) groups is 1. The van der Waals surface area contributed by atoms with Crippen LogP contribution in [0.25, 0.3) is 10.8 Å². The van der Waals surface area contributed by atoms with Gasteiger partial charge in [-0.25, -0.2) is 0 Å². The van der Waals surface area contributed by atoms with Crippen molar-refractivity contribution in [1.29, 1.82) is 0 Å². The summed E-state index contributed by atoms with van der Waals surface area (Å²) < 4.78 is 0. The highest BCUT2D eigenvalue weighted by Gasteiger charge is 2.02. The van der Waals surface area contributed by atoms with Crippen molar-refractivity contribution in [1.82, 2.24) is 4.98 Å². The summed E-state index contributed by atoms with van der Waals surface area (Å²) in [5, 5.41) is 2.79. The fraction of sp³-hybridized carbons (Fsp3) is 0. The number of hydrogen-bond acceptors (Lipinski definition) is 4. The zero-order valence-corrected chi connectivity index (χ0v) is 11.5. The molecule has 94 valence electrons. The molecule has 0 saturated heterocycles. The fourth-order valence-electron chi connectivity index (χ4n) is 1.87. The molecule has 0 bridgehead atoms. The quantitative estimate of drug-likeness (QED) is 0.548. The monoisotopic (exact) mass is 286 g/mol. The zero-order chi connectivity index (χ0) is 13.2. The Balaban J connectivity index is 2.06. The van der Waals surface area contributed by atoms with E-state index in [-0.39, 0.29) is 4.87 Å². The number of aromatic nitrogens is 1. The van der Waals surface area contributed by atoms with Gasteiger partial charge in [0.1, 0.15) is 0 Å². The number of aromatic amines is 1. The van der Waals surface area contributed by atoms with E-state index in [0.29, 0.717) is 5.03 Å². The summed E-state index contributed by atoms with van der Waals surface area (Å²) in [5.74, 6) is 0. The van der Waals surface area contributed by atoms with Gasteiger partial charge in [-0.1, -0.05) is 47.7 Å². The zero-order valence-electron chi connectivity index (χ0n) is 9.83. The number of hydrogen-bond donors (Lipinski definition) is 2. The Morgan fingerprint density at radius 3 is 2.74 bits per heavy atom. The molecule has 5 heteroatoms. The number of thiazole rings is 1. The van der Waals surface area contributed by atoms with Crippen molar-refractivity contribution in [2.75, 3.05) is 0 Å². The lowest BCUT2D eigenvalue weighted by molar-refractivity contribution is 1.16. The Morgan fingerprint density at radius 1 is 1.16 bits per heavy atom. The molecule has 3 rings (SSSR count). The number of benzene rings is 2. The van der Waals surface area contributed by atoms with Gasteiger partial charge in [0, 0.05) is 11.6 Å². The van der Waals surface area contributed by atoms with Gasteiger partial charge in [-0.05, 0) is 11.5 Å². The molecule has 0 fully saturated rings. The third kappa shape index (κ3) is 2.47. The Morgan fingerprint density at radius 2 is 1.95 bits per heavy atom. The summed E-state index contributed by atoms with van der Waals surface area (Å²) in [6.45, 7) is 0. The maximum atomic E-state index is 11.2. The van der Waals surface area contributed by atoms with E-state index < -0.39 is 0 Å². The normalized spacial score (nSPS) is 11.4. The molecule has 0 amide bonds. The largest absolute Gasteiger partial charge is 0.307 e. The lowest BCUT2D eigenvalue weighted by Gasteiger charge is -2.00. The molecular formula is C14H10N2OS2. The summed E-state index contributed by atoms with van der Waals surface area (Å²) in [6, 6.07) is 14.0. The molecule has 0 saturated carbocycles. The van der Waals surface area contributed by atoms with E-state index in [0.717, 1.165) is 32.7 Å². The van der Waals surface area contributed by atoms with Gasteiger partial charge in [0.15, 0.2) is 0 Å². The molecule has 0 spiro atoms. The first kappa shape index (κ1) is 12.2. The fourth-order valence-corrected chi connectivity index (χ4v) is 2.85.